The first kappa shape index (κ1) is 18.4. The van der Waals surface area contributed by atoms with Crippen molar-refractivity contribution in [2.75, 3.05) is 13.1 Å². The summed E-state index contributed by atoms with van der Waals surface area (Å²) < 4.78 is 0.959. The molecule has 26 heavy (non-hydrogen) atoms. The third-order valence-corrected chi connectivity index (χ3v) is 5.27. The smallest absolute Gasteiger partial charge is 0.237 e. The van der Waals surface area contributed by atoms with Gasteiger partial charge in [0.2, 0.25) is 11.7 Å². The van der Waals surface area contributed by atoms with Crippen molar-refractivity contribution >= 4 is 39.6 Å². The lowest BCUT2D eigenvalue weighted by atomic mass is 10.0. The van der Waals surface area contributed by atoms with Crippen LogP contribution in [0, 0.1) is 0 Å². The number of hydrogen-bond donors (Lipinski definition) is 4. The number of benzene rings is 1. The molecule has 0 bridgehead atoms. The second kappa shape index (κ2) is 8.84. The van der Waals surface area contributed by atoms with Gasteiger partial charge in [-0.2, -0.15) is 0 Å². The third kappa shape index (κ3) is 4.43. The highest BCUT2D eigenvalue weighted by Gasteiger charge is 2.30. The van der Waals surface area contributed by atoms with Crippen LogP contribution < -0.4 is 21.9 Å². The minimum absolute atomic E-state index is 0.136. The number of nitrogens with one attached hydrogen (secondary N) is 3. The fourth-order valence-corrected chi connectivity index (χ4v) is 3.64. The van der Waals surface area contributed by atoms with Crippen molar-refractivity contribution < 1.29 is 9.59 Å². The second-order valence-electron chi connectivity index (χ2n) is 6.05. The summed E-state index contributed by atoms with van der Waals surface area (Å²) in [5, 5.41) is 6.35. The minimum atomic E-state index is -0.605. The van der Waals surface area contributed by atoms with Crippen LogP contribution in [-0.4, -0.2) is 48.2 Å². The van der Waals surface area contributed by atoms with Crippen molar-refractivity contribution in [3.05, 3.63) is 29.3 Å². The lowest BCUT2D eigenvalue weighted by Gasteiger charge is -2.28. The number of aliphatic imine (C=N–C) groups is 1. The monoisotopic (exact) mass is 374 g/mol. The molecule has 138 valence electrons. The van der Waals surface area contributed by atoms with Crippen LogP contribution in [0.5, 0.6) is 0 Å². The van der Waals surface area contributed by atoms with Gasteiger partial charge in [-0.3, -0.25) is 14.6 Å². The maximum absolute atomic E-state index is 12.9. The Bertz CT molecular complexity index is 768. The van der Waals surface area contributed by atoms with Gasteiger partial charge in [-0.15, -0.1) is 11.3 Å². The zero-order valence-corrected chi connectivity index (χ0v) is 15.1. The van der Waals surface area contributed by atoms with Crippen molar-refractivity contribution in [1.29, 1.82) is 0 Å². The Hall–Kier alpha value is -2.36. The van der Waals surface area contributed by atoms with Gasteiger partial charge in [0.05, 0.1) is 28.6 Å². The number of hydrogen-bond acceptors (Lipinski definition) is 7. The highest BCUT2D eigenvalue weighted by Crippen LogP contribution is 2.23. The average Bonchev–Trinajstić information content (AvgIpc) is 3.02. The van der Waals surface area contributed by atoms with Crippen LogP contribution in [0.3, 0.4) is 0 Å². The number of aromatic nitrogens is 1. The zero-order valence-electron chi connectivity index (χ0n) is 14.3. The van der Waals surface area contributed by atoms with E-state index in [2.05, 4.69) is 26.0 Å². The molecule has 1 unspecified atom stereocenters. The molecule has 0 radical (unpaired) electrons. The van der Waals surface area contributed by atoms with E-state index in [1.54, 1.807) is 0 Å². The number of Topliss-reactive ketones (excluding diaryl/α,β-unsaturated/α-hetero) is 1. The fraction of sp³-hybridized carbons (Fsp3) is 0.412. The summed E-state index contributed by atoms with van der Waals surface area (Å²) in [5.41, 5.74) is 3.13. The molecular weight excluding hydrogens is 352 g/mol. The van der Waals surface area contributed by atoms with E-state index in [-0.39, 0.29) is 17.7 Å². The molecule has 1 aromatic heterocycles. The number of fused-ring (bicyclic) bond motifs is 1. The second-order valence-corrected chi connectivity index (χ2v) is 7.08. The third-order valence-electron chi connectivity index (χ3n) is 4.22. The molecular formula is C17H22N6O2S. The van der Waals surface area contributed by atoms with E-state index in [0.29, 0.717) is 24.4 Å². The standard InChI is InChI=1S/C17H22N6O2S/c18-21-10-19-8-3-5-12(22-16(25)13-7-9-20-13)15(24)17-23-11-4-1-2-6-14(11)26-17/h1-2,4,6,10,12-13,20H,3,5,7-9,18H2,(H,19,21)(H,22,25)/t12?,13-/m0/s1. The lowest BCUT2D eigenvalue weighted by molar-refractivity contribution is -0.125. The SMILES string of the molecule is NNC=NCCCC(NC(=O)[C@@H]1CCN1)C(=O)c1nc2ccccc2s1. The largest absolute Gasteiger partial charge is 0.344 e. The molecule has 2 aromatic rings. The summed E-state index contributed by atoms with van der Waals surface area (Å²) in [6.45, 7) is 1.35. The molecule has 9 heteroatoms. The van der Waals surface area contributed by atoms with E-state index < -0.39 is 6.04 Å². The van der Waals surface area contributed by atoms with Gasteiger partial charge in [-0.1, -0.05) is 12.1 Å². The predicted molar refractivity (Wildman–Crippen MR) is 102 cm³/mol. The summed E-state index contributed by atoms with van der Waals surface area (Å²) in [4.78, 5) is 33.7. The van der Waals surface area contributed by atoms with E-state index in [0.717, 1.165) is 23.2 Å². The fourth-order valence-electron chi connectivity index (χ4n) is 2.68. The van der Waals surface area contributed by atoms with Crippen LogP contribution in [0.2, 0.25) is 0 Å². The summed E-state index contributed by atoms with van der Waals surface area (Å²) in [5.74, 6) is 4.84. The number of hydrazine groups is 1. The molecule has 1 aliphatic rings. The molecule has 1 amide bonds. The van der Waals surface area contributed by atoms with Gasteiger partial charge in [0.15, 0.2) is 5.01 Å². The van der Waals surface area contributed by atoms with Crippen molar-refractivity contribution in [2.45, 2.75) is 31.3 Å². The summed E-state index contributed by atoms with van der Waals surface area (Å²) in [6.07, 6.45) is 3.34. The molecule has 1 saturated heterocycles. The normalized spacial score (nSPS) is 17.8. The molecule has 1 aliphatic heterocycles. The number of para-hydroxylation sites is 1. The van der Waals surface area contributed by atoms with Crippen molar-refractivity contribution in [3.8, 4) is 0 Å². The topological polar surface area (TPSA) is 121 Å². The van der Waals surface area contributed by atoms with Gasteiger partial charge < -0.3 is 16.1 Å². The Morgan fingerprint density at radius 2 is 2.27 bits per heavy atom. The molecule has 8 nitrogen and oxygen atoms in total. The molecule has 3 rings (SSSR count). The molecule has 1 aromatic carbocycles. The van der Waals surface area contributed by atoms with Crippen LogP contribution in [-0.2, 0) is 4.79 Å². The van der Waals surface area contributed by atoms with Gasteiger partial charge in [-0.05, 0) is 37.9 Å². The molecule has 0 aliphatic carbocycles. The van der Waals surface area contributed by atoms with Gasteiger partial charge in [0.1, 0.15) is 0 Å². The van der Waals surface area contributed by atoms with E-state index >= 15 is 0 Å². The Balaban J connectivity index is 1.70. The Kier molecular flexibility index (Phi) is 6.26. The number of thiazole rings is 1. The zero-order chi connectivity index (χ0) is 18.4. The molecule has 1 fully saturated rings. The first-order valence-electron chi connectivity index (χ1n) is 8.57. The van der Waals surface area contributed by atoms with Gasteiger partial charge in [0, 0.05) is 6.54 Å². The molecule has 0 spiro atoms. The van der Waals surface area contributed by atoms with Crippen molar-refractivity contribution in [3.63, 3.8) is 0 Å². The number of carbonyl (C=O) groups excluding carboxylic acids is 2. The number of ketones is 1. The Morgan fingerprint density at radius 1 is 1.46 bits per heavy atom. The first-order chi connectivity index (χ1) is 12.7. The van der Waals surface area contributed by atoms with Gasteiger partial charge in [0.25, 0.3) is 0 Å². The van der Waals surface area contributed by atoms with Crippen LogP contribution >= 0.6 is 11.3 Å². The highest BCUT2D eigenvalue weighted by molar-refractivity contribution is 7.20. The number of amides is 1. The number of rotatable bonds is 9. The number of nitrogens with zero attached hydrogens (tertiary/aromatic N) is 2. The van der Waals surface area contributed by atoms with E-state index in [4.69, 9.17) is 5.84 Å². The van der Waals surface area contributed by atoms with Gasteiger partial charge >= 0.3 is 0 Å². The summed E-state index contributed by atoms with van der Waals surface area (Å²) >= 11 is 1.35. The maximum atomic E-state index is 12.9. The van der Waals surface area contributed by atoms with E-state index in [1.165, 1.54) is 17.7 Å². The van der Waals surface area contributed by atoms with Crippen molar-refractivity contribution in [1.82, 2.24) is 21.0 Å². The van der Waals surface area contributed by atoms with Gasteiger partial charge in [-0.25, -0.2) is 10.8 Å². The summed E-state index contributed by atoms with van der Waals surface area (Å²) in [7, 11) is 0. The molecule has 5 N–H and O–H groups in total. The lowest BCUT2D eigenvalue weighted by Crippen LogP contribution is -2.56. The molecule has 2 heterocycles. The van der Waals surface area contributed by atoms with Crippen molar-refractivity contribution in [2.24, 2.45) is 10.8 Å². The van der Waals surface area contributed by atoms with E-state index in [1.807, 2.05) is 24.3 Å². The van der Waals surface area contributed by atoms with E-state index in [9.17, 15) is 9.59 Å². The number of nitrogens with two attached hydrogens (primary N) is 1. The minimum Gasteiger partial charge on any atom is -0.344 e. The van der Waals surface area contributed by atoms with Crippen LogP contribution in [0.15, 0.2) is 29.3 Å². The van der Waals surface area contributed by atoms with Crippen LogP contribution in [0.1, 0.15) is 29.1 Å². The average molecular weight is 374 g/mol. The highest BCUT2D eigenvalue weighted by atomic mass is 32.1. The summed E-state index contributed by atoms with van der Waals surface area (Å²) in [6, 6.07) is 6.81. The molecule has 2 atom stereocenters. The predicted octanol–water partition coefficient (Wildman–Crippen LogP) is 0.598. The first-order valence-corrected chi connectivity index (χ1v) is 9.38. The quantitative estimate of drug-likeness (QED) is 0.127. The Labute approximate surface area is 155 Å². The number of carbonyl (C=O) groups is 2. The maximum Gasteiger partial charge on any atom is 0.237 e. The Morgan fingerprint density at radius 3 is 2.96 bits per heavy atom. The molecule has 0 saturated carbocycles. The van der Waals surface area contributed by atoms with Crippen LogP contribution in [0.4, 0.5) is 0 Å². The van der Waals surface area contributed by atoms with Crippen LogP contribution in [0.25, 0.3) is 10.2 Å².